The molecule has 1 aliphatic carbocycles. The molecule has 0 aliphatic heterocycles. The maximum Gasteiger partial charge on any atom is -0.0195 e. The second kappa shape index (κ2) is 5.64. The molecule has 1 heteroatoms. The zero-order valence-electron chi connectivity index (χ0n) is 10.1. The summed E-state index contributed by atoms with van der Waals surface area (Å²) in [4.78, 5) is 0. The molecule has 0 amide bonds. The highest BCUT2D eigenvalue weighted by molar-refractivity contribution is 4.78. The fraction of sp³-hybridized carbons (Fsp3) is 1.00. The molecule has 0 aromatic carbocycles. The Labute approximate surface area is 84.1 Å². The molecule has 80 valence electrons. The third-order valence-corrected chi connectivity index (χ3v) is 3.24. The monoisotopic (exact) mass is 185 g/mol. The smallest absolute Gasteiger partial charge is 0.0195 e. The molecular weight excluding hydrogens is 158 g/mol. The van der Waals surface area contributed by atoms with Crippen molar-refractivity contribution in [3.8, 4) is 0 Å². The van der Waals surface area contributed by atoms with E-state index < -0.39 is 0 Å². The lowest BCUT2D eigenvalue weighted by Crippen LogP contribution is -2.24. The minimum Gasteiger partial charge on any atom is -0.333 e. The normalized spacial score (nSPS) is 29.1. The summed E-state index contributed by atoms with van der Waals surface area (Å²) in [5.41, 5.74) is 5.06. The van der Waals surface area contributed by atoms with E-state index in [0.717, 1.165) is 11.8 Å². The van der Waals surface area contributed by atoms with Gasteiger partial charge in [0.25, 0.3) is 0 Å². The van der Waals surface area contributed by atoms with Crippen molar-refractivity contribution in [2.75, 3.05) is 7.05 Å². The molecule has 1 fully saturated rings. The van der Waals surface area contributed by atoms with Crippen molar-refractivity contribution in [1.82, 2.24) is 0 Å². The largest absolute Gasteiger partial charge is 0.333 e. The molecule has 0 atom stereocenters. The van der Waals surface area contributed by atoms with Gasteiger partial charge in [-0.15, -0.1) is 0 Å². The first-order chi connectivity index (χ1) is 6.00. The first kappa shape index (κ1) is 13.0. The molecule has 1 rings (SSSR count). The zero-order valence-corrected chi connectivity index (χ0v) is 10.1. The average molecular weight is 185 g/mol. The van der Waals surface area contributed by atoms with Gasteiger partial charge in [0.2, 0.25) is 0 Å². The molecular formula is C12H27N. The Morgan fingerprint density at radius 3 is 1.62 bits per heavy atom. The summed E-state index contributed by atoms with van der Waals surface area (Å²) >= 11 is 0. The SMILES string of the molecule is CC1CCC(C(C)(C)C)CC1.CN. The number of hydrogen-bond donors (Lipinski definition) is 1. The summed E-state index contributed by atoms with van der Waals surface area (Å²) in [7, 11) is 1.50. The highest BCUT2D eigenvalue weighted by Gasteiger charge is 2.27. The van der Waals surface area contributed by atoms with E-state index in [1.54, 1.807) is 0 Å². The highest BCUT2D eigenvalue weighted by Crippen LogP contribution is 2.39. The Bertz CT molecular complexity index is 116. The van der Waals surface area contributed by atoms with E-state index in [9.17, 15) is 0 Å². The molecule has 13 heavy (non-hydrogen) atoms. The van der Waals surface area contributed by atoms with Crippen LogP contribution >= 0.6 is 0 Å². The van der Waals surface area contributed by atoms with Crippen LogP contribution in [0.2, 0.25) is 0 Å². The van der Waals surface area contributed by atoms with Crippen LogP contribution in [0.15, 0.2) is 0 Å². The second-order valence-corrected chi connectivity index (χ2v) is 5.32. The number of nitrogens with two attached hydrogens (primary N) is 1. The summed E-state index contributed by atoms with van der Waals surface area (Å²) in [6, 6.07) is 0. The Morgan fingerprint density at radius 1 is 0.923 bits per heavy atom. The molecule has 0 spiro atoms. The zero-order chi connectivity index (χ0) is 10.5. The summed E-state index contributed by atoms with van der Waals surface area (Å²) in [5, 5.41) is 0. The predicted molar refractivity (Wildman–Crippen MR) is 60.7 cm³/mol. The van der Waals surface area contributed by atoms with Gasteiger partial charge in [-0.1, -0.05) is 40.5 Å². The fourth-order valence-electron chi connectivity index (χ4n) is 2.13. The molecule has 0 heterocycles. The molecule has 0 aromatic rings. The van der Waals surface area contributed by atoms with Crippen LogP contribution in [0.3, 0.4) is 0 Å². The molecule has 0 aromatic heterocycles. The van der Waals surface area contributed by atoms with Crippen molar-refractivity contribution in [3.05, 3.63) is 0 Å². The number of hydrogen-bond acceptors (Lipinski definition) is 1. The molecule has 1 saturated carbocycles. The van der Waals surface area contributed by atoms with Crippen molar-refractivity contribution in [3.63, 3.8) is 0 Å². The van der Waals surface area contributed by atoms with Crippen LogP contribution in [0.25, 0.3) is 0 Å². The van der Waals surface area contributed by atoms with Gasteiger partial charge in [0.1, 0.15) is 0 Å². The number of rotatable bonds is 0. The van der Waals surface area contributed by atoms with Gasteiger partial charge < -0.3 is 5.73 Å². The standard InChI is InChI=1S/C11H22.CH5N/c1-9-5-7-10(8-6-9)11(2,3)4;1-2/h9-10H,5-8H2,1-4H3;2H2,1H3. The topological polar surface area (TPSA) is 26.0 Å². The summed E-state index contributed by atoms with van der Waals surface area (Å²) in [6.45, 7) is 9.54. The van der Waals surface area contributed by atoms with E-state index in [1.165, 1.54) is 32.7 Å². The van der Waals surface area contributed by atoms with E-state index >= 15 is 0 Å². The van der Waals surface area contributed by atoms with Gasteiger partial charge in [-0.3, -0.25) is 0 Å². The van der Waals surface area contributed by atoms with Crippen molar-refractivity contribution in [2.24, 2.45) is 23.0 Å². The lowest BCUT2D eigenvalue weighted by molar-refractivity contribution is 0.155. The van der Waals surface area contributed by atoms with E-state index in [2.05, 4.69) is 33.4 Å². The third kappa shape index (κ3) is 4.66. The Morgan fingerprint density at radius 2 is 1.31 bits per heavy atom. The van der Waals surface area contributed by atoms with Gasteiger partial charge in [-0.2, -0.15) is 0 Å². The van der Waals surface area contributed by atoms with Crippen LogP contribution in [0, 0.1) is 17.3 Å². The van der Waals surface area contributed by atoms with Crippen LogP contribution in [-0.4, -0.2) is 7.05 Å². The molecule has 1 nitrogen and oxygen atoms in total. The third-order valence-electron chi connectivity index (χ3n) is 3.24. The second-order valence-electron chi connectivity index (χ2n) is 5.32. The minimum absolute atomic E-state index is 0.556. The molecule has 0 unspecified atom stereocenters. The Kier molecular flexibility index (Phi) is 5.62. The summed E-state index contributed by atoms with van der Waals surface area (Å²) in [6.07, 6.45) is 5.85. The van der Waals surface area contributed by atoms with E-state index in [1.807, 2.05) is 0 Å². The first-order valence-electron chi connectivity index (χ1n) is 5.58. The molecule has 1 aliphatic rings. The molecule has 0 bridgehead atoms. The van der Waals surface area contributed by atoms with E-state index in [0.29, 0.717) is 5.41 Å². The van der Waals surface area contributed by atoms with Gasteiger partial charge in [-0.25, -0.2) is 0 Å². The maximum atomic E-state index is 4.50. The van der Waals surface area contributed by atoms with Gasteiger partial charge in [0.05, 0.1) is 0 Å². The van der Waals surface area contributed by atoms with Gasteiger partial charge in [-0.05, 0) is 37.1 Å². The van der Waals surface area contributed by atoms with Crippen LogP contribution in [0.5, 0.6) is 0 Å². The van der Waals surface area contributed by atoms with Gasteiger partial charge in [0.15, 0.2) is 0 Å². The van der Waals surface area contributed by atoms with Crippen molar-refractivity contribution in [1.29, 1.82) is 0 Å². The fourth-order valence-corrected chi connectivity index (χ4v) is 2.13. The van der Waals surface area contributed by atoms with Crippen LogP contribution in [0.4, 0.5) is 0 Å². The summed E-state index contributed by atoms with van der Waals surface area (Å²) < 4.78 is 0. The predicted octanol–water partition coefficient (Wildman–Crippen LogP) is 3.43. The lowest BCUT2D eigenvalue weighted by atomic mass is 9.70. The quantitative estimate of drug-likeness (QED) is 0.615. The Balaban J connectivity index is 0.000000671. The van der Waals surface area contributed by atoms with Gasteiger partial charge >= 0.3 is 0 Å². The summed E-state index contributed by atoms with van der Waals surface area (Å²) in [5.74, 6) is 1.98. The molecule has 2 N–H and O–H groups in total. The van der Waals surface area contributed by atoms with Crippen molar-refractivity contribution in [2.45, 2.75) is 53.4 Å². The van der Waals surface area contributed by atoms with Crippen LogP contribution < -0.4 is 5.73 Å². The van der Waals surface area contributed by atoms with Crippen molar-refractivity contribution < 1.29 is 0 Å². The van der Waals surface area contributed by atoms with Gasteiger partial charge in [0, 0.05) is 0 Å². The van der Waals surface area contributed by atoms with Crippen LogP contribution in [0.1, 0.15) is 53.4 Å². The highest BCUT2D eigenvalue weighted by atomic mass is 14.4. The molecule has 0 radical (unpaired) electrons. The van der Waals surface area contributed by atoms with Crippen molar-refractivity contribution >= 4 is 0 Å². The van der Waals surface area contributed by atoms with E-state index in [4.69, 9.17) is 0 Å². The minimum atomic E-state index is 0.556. The van der Waals surface area contributed by atoms with Crippen LogP contribution in [-0.2, 0) is 0 Å². The molecule has 0 saturated heterocycles. The average Bonchev–Trinajstić information content (AvgIpc) is 2.07. The maximum absolute atomic E-state index is 4.50. The first-order valence-corrected chi connectivity index (χ1v) is 5.58. The lowest BCUT2D eigenvalue weighted by Gasteiger charge is -2.35. The Hall–Kier alpha value is -0.0400. The van der Waals surface area contributed by atoms with E-state index in [-0.39, 0.29) is 0 Å².